The highest BCUT2D eigenvalue weighted by atomic mass is 35.5. The van der Waals surface area contributed by atoms with Crippen LogP contribution in [0.4, 0.5) is 4.79 Å². The van der Waals surface area contributed by atoms with Gasteiger partial charge in [0.05, 0.1) is 11.1 Å². The van der Waals surface area contributed by atoms with E-state index < -0.39 is 17.6 Å². The van der Waals surface area contributed by atoms with Crippen LogP contribution in [0.15, 0.2) is 24.4 Å². The smallest absolute Gasteiger partial charge is 0.419 e. The minimum atomic E-state index is -0.632. The summed E-state index contributed by atoms with van der Waals surface area (Å²) in [5.74, 6) is -0.625. The third-order valence-electron chi connectivity index (χ3n) is 2.62. The molecule has 2 N–H and O–H groups in total. The van der Waals surface area contributed by atoms with Crippen LogP contribution in [0.5, 0.6) is 0 Å². The number of fused-ring (bicyclic) bond motifs is 1. The van der Waals surface area contributed by atoms with E-state index in [2.05, 4.69) is 0 Å². The fourth-order valence-corrected chi connectivity index (χ4v) is 2.03. The number of aromatic nitrogens is 1. The Labute approximate surface area is 121 Å². The lowest BCUT2D eigenvalue weighted by molar-refractivity contribution is 0.0544. The van der Waals surface area contributed by atoms with Crippen LogP contribution in [0.1, 0.15) is 31.1 Å². The van der Waals surface area contributed by atoms with Crippen LogP contribution in [0.25, 0.3) is 10.9 Å². The highest BCUT2D eigenvalue weighted by Gasteiger charge is 2.22. The number of benzene rings is 1. The lowest BCUT2D eigenvalue weighted by Gasteiger charge is -2.19. The zero-order valence-electron chi connectivity index (χ0n) is 11.4. The van der Waals surface area contributed by atoms with E-state index in [1.165, 1.54) is 10.8 Å². The number of primary amides is 1. The van der Waals surface area contributed by atoms with E-state index in [0.29, 0.717) is 15.9 Å². The Hall–Kier alpha value is -2.01. The zero-order chi connectivity index (χ0) is 15.1. The van der Waals surface area contributed by atoms with E-state index in [1.807, 2.05) is 0 Å². The van der Waals surface area contributed by atoms with Crippen LogP contribution in [-0.2, 0) is 4.74 Å². The van der Waals surface area contributed by atoms with Crippen molar-refractivity contribution in [2.24, 2.45) is 5.73 Å². The van der Waals surface area contributed by atoms with Gasteiger partial charge in [0.25, 0.3) is 5.91 Å². The van der Waals surface area contributed by atoms with Crippen molar-refractivity contribution < 1.29 is 14.3 Å². The zero-order valence-corrected chi connectivity index (χ0v) is 12.2. The molecule has 0 aliphatic heterocycles. The molecule has 0 unspecified atom stereocenters. The Morgan fingerprint density at radius 1 is 1.30 bits per heavy atom. The first-order valence-corrected chi connectivity index (χ1v) is 6.40. The first-order valence-electron chi connectivity index (χ1n) is 6.03. The van der Waals surface area contributed by atoms with Crippen molar-refractivity contribution in [1.82, 2.24) is 4.57 Å². The Balaban J connectivity index is 2.60. The van der Waals surface area contributed by atoms with E-state index in [-0.39, 0.29) is 5.56 Å². The van der Waals surface area contributed by atoms with Gasteiger partial charge in [-0.05, 0) is 39.0 Å². The summed E-state index contributed by atoms with van der Waals surface area (Å²) >= 11 is 5.91. The van der Waals surface area contributed by atoms with Crippen molar-refractivity contribution >= 4 is 34.5 Å². The number of ether oxygens (including phenoxy) is 1. The molecule has 1 heterocycles. The van der Waals surface area contributed by atoms with Gasteiger partial charge in [0.2, 0.25) is 0 Å². The minimum Gasteiger partial charge on any atom is -0.443 e. The van der Waals surface area contributed by atoms with Crippen LogP contribution in [0, 0.1) is 0 Å². The lowest BCUT2D eigenvalue weighted by Crippen LogP contribution is -2.26. The molecule has 106 valence electrons. The summed E-state index contributed by atoms with van der Waals surface area (Å²) in [6.45, 7) is 5.30. The van der Waals surface area contributed by atoms with Crippen LogP contribution in [0.2, 0.25) is 5.02 Å². The molecule has 1 aromatic heterocycles. The molecule has 5 nitrogen and oxygen atoms in total. The molecule has 0 aliphatic carbocycles. The Morgan fingerprint density at radius 3 is 2.50 bits per heavy atom. The van der Waals surface area contributed by atoms with Gasteiger partial charge < -0.3 is 10.5 Å². The van der Waals surface area contributed by atoms with Crippen LogP contribution < -0.4 is 5.73 Å². The minimum absolute atomic E-state index is 0.230. The molecule has 0 aliphatic rings. The molecule has 2 rings (SSSR count). The molecule has 0 atom stereocenters. The van der Waals surface area contributed by atoms with Crippen molar-refractivity contribution in [3.63, 3.8) is 0 Å². The topological polar surface area (TPSA) is 74.3 Å². The van der Waals surface area contributed by atoms with E-state index in [1.54, 1.807) is 39.0 Å². The maximum Gasteiger partial charge on any atom is 0.419 e. The molecule has 0 spiro atoms. The van der Waals surface area contributed by atoms with Crippen molar-refractivity contribution in [2.75, 3.05) is 0 Å². The first kappa shape index (κ1) is 14.4. The second-order valence-corrected chi connectivity index (χ2v) is 5.86. The average Bonchev–Trinajstić information content (AvgIpc) is 2.65. The van der Waals surface area contributed by atoms with Crippen molar-refractivity contribution in [1.29, 1.82) is 0 Å². The van der Waals surface area contributed by atoms with Crippen LogP contribution >= 0.6 is 11.6 Å². The summed E-state index contributed by atoms with van der Waals surface area (Å²) in [6.07, 6.45) is 0.800. The number of amides is 1. The number of carbonyl (C=O) groups is 2. The number of hydrogen-bond donors (Lipinski definition) is 1. The van der Waals surface area contributed by atoms with E-state index in [9.17, 15) is 9.59 Å². The second kappa shape index (κ2) is 4.83. The molecule has 2 aromatic rings. The number of carbonyl (C=O) groups excluding carboxylic acids is 2. The van der Waals surface area contributed by atoms with E-state index >= 15 is 0 Å². The lowest BCUT2D eigenvalue weighted by atomic mass is 10.2. The van der Waals surface area contributed by atoms with Crippen LogP contribution in [-0.4, -0.2) is 22.2 Å². The Kier molecular flexibility index (Phi) is 3.48. The van der Waals surface area contributed by atoms with Gasteiger partial charge in [-0.25, -0.2) is 4.79 Å². The number of nitrogens with zero attached hydrogens (tertiary/aromatic N) is 1. The summed E-state index contributed by atoms with van der Waals surface area (Å²) in [7, 11) is 0. The highest BCUT2D eigenvalue weighted by Crippen LogP contribution is 2.25. The van der Waals surface area contributed by atoms with Crippen molar-refractivity contribution in [2.45, 2.75) is 26.4 Å². The number of nitrogens with two attached hydrogens (primary N) is 1. The highest BCUT2D eigenvalue weighted by molar-refractivity contribution is 6.31. The van der Waals surface area contributed by atoms with Gasteiger partial charge in [0, 0.05) is 16.6 Å². The molecule has 20 heavy (non-hydrogen) atoms. The fourth-order valence-electron chi connectivity index (χ4n) is 1.86. The SMILES string of the molecule is CC(C)(C)OC(=O)n1cc(C(N)=O)c2cc(Cl)ccc21. The number of rotatable bonds is 1. The molecule has 0 saturated heterocycles. The third-order valence-corrected chi connectivity index (χ3v) is 2.86. The maximum atomic E-state index is 12.2. The van der Waals surface area contributed by atoms with Gasteiger partial charge in [-0.3, -0.25) is 9.36 Å². The molecule has 0 saturated carbocycles. The van der Waals surface area contributed by atoms with Gasteiger partial charge in [0.15, 0.2) is 0 Å². The predicted molar refractivity (Wildman–Crippen MR) is 77.1 cm³/mol. The number of halogens is 1. The van der Waals surface area contributed by atoms with Crippen molar-refractivity contribution in [3.05, 3.63) is 35.0 Å². The first-order chi connectivity index (χ1) is 9.19. The van der Waals surface area contributed by atoms with Crippen molar-refractivity contribution in [3.8, 4) is 0 Å². The Bertz CT molecular complexity index is 698. The quantitative estimate of drug-likeness (QED) is 0.878. The number of hydrogen-bond acceptors (Lipinski definition) is 3. The van der Waals surface area contributed by atoms with E-state index in [4.69, 9.17) is 22.1 Å². The van der Waals surface area contributed by atoms with Gasteiger partial charge in [-0.2, -0.15) is 0 Å². The summed E-state index contributed by atoms with van der Waals surface area (Å²) in [6, 6.07) is 4.88. The molecular weight excluding hydrogens is 280 g/mol. The van der Waals surface area contributed by atoms with Crippen LogP contribution in [0.3, 0.4) is 0 Å². The normalized spacial score (nSPS) is 11.6. The van der Waals surface area contributed by atoms with Gasteiger partial charge in [0.1, 0.15) is 5.60 Å². The largest absolute Gasteiger partial charge is 0.443 e. The summed E-state index contributed by atoms with van der Waals surface area (Å²) in [5.41, 5.74) is 5.45. The monoisotopic (exact) mass is 294 g/mol. The fraction of sp³-hybridized carbons (Fsp3) is 0.286. The van der Waals surface area contributed by atoms with Gasteiger partial charge in [-0.15, -0.1) is 0 Å². The van der Waals surface area contributed by atoms with E-state index in [0.717, 1.165) is 0 Å². The molecule has 1 aromatic carbocycles. The summed E-state index contributed by atoms with van der Waals surface area (Å²) in [5, 5.41) is 0.984. The predicted octanol–water partition coefficient (Wildman–Crippen LogP) is 3.18. The molecule has 0 radical (unpaired) electrons. The average molecular weight is 295 g/mol. The van der Waals surface area contributed by atoms with Gasteiger partial charge in [-0.1, -0.05) is 11.6 Å². The Morgan fingerprint density at radius 2 is 1.95 bits per heavy atom. The second-order valence-electron chi connectivity index (χ2n) is 5.42. The van der Waals surface area contributed by atoms with Gasteiger partial charge >= 0.3 is 6.09 Å². The molecule has 0 bridgehead atoms. The molecule has 1 amide bonds. The molecular formula is C14H15ClN2O3. The standard InChI is InChI=1S/C14H15ClN2O3/c1-14(2,3)20-13(19)17-7-10(12(16)18)9-6-8(15)4-5-11(9)17/h4-7H,1-3H3,(H2,16,18). The molecule has 0 fully saturated rings. The molecule has 6 heteroatoms. The summed E-state index contributed by atoms with van der Waals surface area (Å²) in [4.78, 5) is 23.6. The third kappa shape index (κ3) is 2.77. The summed E-state index contributed by atoms with van der Waals surface area (Å²) < 4.78 is 6.56. The maximum absolute atomic E-state index is 12.2.